The van der Waals surface area contributed by atoms with Crippen LogP contribution in [0.3, 0.4) is 0 Å². The van der Waals surface area contributed by atoms with Gasteiger partial charge in [0.2, 0.25) is 11.8 Å². The van der Waals surface area contributed by atoms with Gasteiger partial charge in [0.25, 0.3) is 0 Å². The lowest BCUT2D eigenvalue weighted by atomic mass is 9.92. The van der Waals surface area contributed by atoms with Crippen molar-refractivity contribution in [2.45, 2.75) is 26.7 Å². The summed E-state index contributed by atoms with van der Waals surface area (Å²) in [5, 5.41) is 10.4. The van der Waals surface area contributed by atoms with Crippen molar-refractivity contribution in [1.82, 2.24) is 15.1 Å². The highest BCUT2D eigenvalue weighted by molar-refractivity contribution is 5.98. The lowest BCUT2D eigenvalue weighted by Crippen LogP contribution is -2.29. The number of anilines is 1. The number of rotatable bonds is 6. The lowest BCUT2D eigenvalue weighted by Gasteiger charge is -2.13. The van der Waals surface area contributed by atoms with E-state index in [2.05, 4.69) is 34.8 Å². The minimum atomic E-state index is -0.378. The molecular weight excluding hydrogens is 376 g/mol. The molecule has 0 aliphatic carbocycles. The summed E-state index contributed by atoms with van der Waals surface area (Å²) >= 11 is 0. The molecule has 154 valence electrons. The minimum Gasteiger partial charge on any atom is -0.355 e. The molecule has 4 rings (SSSR count). The van der Waals surface area contributed by atoms with E-state index in [9.17, 15) is 9.59 Å². The number of carbonyl (C=O) groups excluding carboxylic acids is 2. The molecule has 6 nitrogen and oxygen atoms in total. The second-order valence-corrected chi connectivity index (χ2v) is 7.57. The molecule has 0 radical (unpaired) electrons. The standard InChI is InChI=1S/C24H26N4O2/c1-3-16-9-8-10-17(13-16)21-14-22(27-28(21)18-11-6-5-7-12-18)26-24(30)20-15-25-23(29)19(20)4-2/h5-14,19-20H,3-4,15H2,1-2H3,(H,25,29)(H,26,27,30). The Morgan fingerprint density at radius 2 is 1.93 bits per heavy atom. The maximum Gasteiger partial charge on any atom is 0.231 e. The van der Waals surface area contributed by atoms with Crippen LogP contribution in [0, 0.1) is 11.8 Å². The zero-order valence-corrected chi connectivity index (χ0v) is 17.3. The molecule has 1 aliphatic rings. The summed E-state index contributed by atoms with van der Waals surface area (Å²) in [4.78, 5) is 24.8. The molecule has 2 heterocycles. The Kier molecular flexibility index (Phi) is 5.65. The summed E-state index contributed by atoms with van der Waals surface area (Å²) in [7, 11) is 0. The number of amides is 2. The SMILES string of the molecule is CCc1cccc(-c2cc(NC(=O)C3CNC(=O)C3CC)nn2-c2ccccc2)c1. The highest BCUT2D eigenvalue weighted by atomic mass is 16.2. The van der Waals surface area contributed by atoms with Crippen LogP contribution in [0.2, 0.25) is 0 Å². The Balaban J connectivity index is 1.69. The molecule has 0 bridgehead atoms. The molecule has 2 aromatic carbocycles. The summed E-state index contributed by atoms with van der Waals surface area (Å²) < 4.78 is 1.85. The third kappa shape index (κ3) is 3.85. The van der Waals surface area contributed by atoms with Gasteiger partial charge in [-0.1, -0.05) is 50.2 Å². The van der Waals surface area contributed by atoms with E-state index >= 15 is 0 Å². The van der Waals surface area contributed by atoms with Crippen molar-refractivity contribution < 1.29 is 9.59 Å². The van der Waals surface area contributed by atoms with Gasteiger partial charge in [-0.3, -0.25) is 9.59 Å². The van der Waals surface area contributed by atoms with Crippen LogP contribution in [0.5, 0.6) is 0 Å². The molecule has 2 atom stereocenters. The molecule has 2 N–H and O–H groups in total. The highest BCUT2D eigenvalue weighted by Crippen LogP contribution is 2.28. The molecule has 2 unspecified atom stereocenters. The molecule has 1 fully saturated rings. The number of hydrogen-bond donors (Lipinski definition) is 2. The van der Waals surface area contributed by atoms with Crippen LogP contribution < -0.4 is 10.6 Å². The summed E-state index contributed by atoms with van der Waals surface area (Å²) in [6.45, 7) is 4.42. The zero-order chi connectivity index (χ0) is 21.1. The van der Waals surface area contributed by atoms with Gasteiger partial charge in [-0.15, -0.1) is 5.10 Å². The Morgan fingerprint density at radius 3 is 2.67 bits per heavy atom. The van der Waals surface area contributed by atoms with E-state index in [1.807, 2.05) is 60.1 Å². The maximum atomic E-state index is 12.9. The van der Waals surface area contributed by atoms with Crippen molar-refractivity contribution in [3.05, 3.63) is 66.2 Å². The van der Waals surface area contributed by atoms with Crippen LogP contribution in [0.4, 0.5) is 5.82 Å². The summed E-state index contributed by atoms with van der Waals surface area (Å²) in [6, 6.07) is 20.1. The summed E-state index contributed by atoms with van der Waals surface area (Å²) in [6.07, 6.45) is 1.58. The number of aromatic nitrogens is 2. The Morgan fingerprint density at radius 1 is 1.13 bits per heavy atom. The Labute approximate surface area is 176 Å². The Bertz CT molecular complexity index is 1060. The maximum absolute atomic E-state index is 12.9. The van der Waals surface area contributed by atoms with Crippen molar-refractivity contribution in [3.8, 4) is 16.9 Å². The number of benzene rings is 2. The number of para-hydroxylation sites is 1. The van der Waals surface area contributed by atoms with Crippen LogP contribution in [-0.4, -0.2) is 28.1 Å². The molecule has 30 heavy (non-hydrogen) atoms. The second kappa shape index (κ2) is 8.53. The quantitative estimate of drug-likeness (QED) is 0.658. The van der Waals surface area contributed by atoms with E-state index in [4.69, 9.17) is 0 Å². The van der Waals surface area contributed by atoms with Gasteiger partial charge in [0.1, 0.15) is 0 Å². The fourth-order valence-electron chi connectivity index (χ4n) is 4.00. The van der Waals surface area contributed by atoms with Gasteiger partial charge in [0, 0.05) is 18.2 Å². The Hall–Kier alpha value is -3.41. The number of aryl methyl sites for hydroxylation is 1. The topological polar surface area (TPSA) is 76.0 Å². The average Bonchev–Trinajstić information content (AvgIpc) is 3.37. The molecule has 1 aliphatic heterocycles. The van der Waals surface area contributed by atoms with Gasteiger partial charge >= 0.3 is 0 Å². The van der Waals surface area contributed by atoms with Crippen LogP contribution in [-0.2, 0) is 16.0 Å². The predicted octanol–water partition coefficient (Wildman–Crippen LogP) is 3.81. The average molecular weight is 402 g/mol. The molecule has 2 amide bonds. The van der Waals surface area contributed by atoms with Gasteiger partial charge in [-0.25, -0.2) is 4.68 Å². The van der Waals surface area contributed by atoms with Crippen LogP contribution in [0.15, 0.2) is 60.7 Å². The van der Waals surface area contributed by atoms with Gasteiger partial charge in [-0.05, 0) is 36.6 Å². The van der Waals surface area contributed by atoms with E-state index in [1.54, 1.807) is 0 Å². The summed E-state index contributed by atoms with van der Waals surface area (Å²) in [5.41, 5.74) is 4.09. The van der Waals surface area contributed by atoms with Crippen LogP contribution >= 0.6 is 0 Å². The first-order valence-electron chi connectivity index (χ1n) is 10.4. The van der Waals surface area contributed by atoms with E-state index in [0.717, 1.165) is 23.4 Å². The minimum absolute atomic E-state index is 0.0514. The molecule has 3 aromatic rings. The van der Waals surface area contributed by atoms with Gasteiger partial charge < -0.3 is 10.6 Å². The molecular formula is C24H26N4O2. The fourth-order valence-corrected chi connectivity index (χ4v) is 4.00. The van der Waals surface area contributed by atoms with Crippen molar-refractivity contribution >= 4 is 17.6 Å². The van der Waals surface area contributed by atoms with E-state index in [0.29, 0.717) is 18.8 Å². The van der Waals surface area contributed by atoms with E-state index < -0.39 is 0 Å². The lowest BCUT2D eigenvalue weighted by molar-refractivity contribution is -0.127. The van der Waals surface area contributed by atoms with E-state index in [-0.39, 0.29) is 23.7 Å². The zero-order valence-electron chi connectivity index (χ0n) is 17.3. The largest absolute Gasteiger partial charge is 0.355 e. The third-order valence-corrected chi connectivity index (χ3v) is 5.69. The first kappa shape index (κ1) is 19.9. The monoisotopic (exact) mass is 402 g/mol. The number of carbonyl (C=O) groups is 2. The van der Waals surface area contributed by atoms with Crippen LogP contribution in [0.25, 0.3) is 16.9 Å². The number of hydrogen-bond acceptors (Lipinski definition) is 3. The van der Waals surface area contributed by atoms with Gasteiger partial charge in [0.15, 0.2) is 5.82 Å². The second-order valence-electron chi connectivity index (χ2n) is 7.57. The molecule has 6 heteroatoms. The molecule has 1 saturated heterocycles. The first-order chi connectivity index (χ1) is 14.6. The molecule has 0 saturated carbocycles. The molecule has 0 spiro atoms. The number of nitrogens with zero attached hydrogens (tertiary/aromatic N) is 2. The third-order valence-electron chi connectivity index (χ3n) is 5.69. The van der Waals surface area contributed by atoms with Crippen LogP contribution in [0.1, 0.15) is 25.8 Å². The van der Waals surface area contributed by atoms with Gasteiger partial charge in [0.05, 0.1) is 23.2 Å². The van der Waals surface area contributed by atoms with E-state index in [1.165, 1.54) is 5.56 Å². The first-order valence-corrected chi connectivity index (χ1v) is 10.4. The van der Waals surface area contributed by atoms with Crippen molar-refractivity contribution in [3.63, 3.8) is 0 Å². The number of nitrogens with one attached hydrogen (secondary N) is 2. The fraction of sp³-hybridized carbons (Fsp3) is 0.292. The van der Waals surface area contributed by atoms with Gasteiger partial charge in [-0.2, -0.15) is 0 Å². The van der Waals surface area contributed by atoms with Crippen molar-refractivity contribution in [1.29, 1.82) is 0 Å². The van der Waals surface area contributed by atoms with Crippen molar-refractivity contribution in [2.75, 3.05) is 11.9 Å². The highest BCUT2D eigenvalue weighted by Gasteiger charge is 2.38. The molecule has 1 aromatic heterocycles. The van der Waals surface area contributed by atoms with Crippen molar-refractivity contribution in [2.24, 2.45) is 11.8 Å². The normalized spacial score (nSPS) is 18.3. The summed E-state index contributed by atoms with van der Waals surface area (Å²) in [5.74, 6) is -0.413. The predicted molar refractivity (Wildman–Crippen MR) is 117 cm³/mol. The smallest absolute Gasteiger partial charge is 0.231 e.